The zero-order valence-corrected chi connectivity index (χ0v) is 13.9. The van der Waals surface area contributed by atoms with Crippen molar-refractivity contribution in [2.45, 2.75) is 13.3 Å². The number of hydrogen-bond donors (Lipinski definition) is 1. The number of H-pyrrole nitrogens is 1. The second-order valence-corrected chi connectivity index (χ2v) is 5.75. The highest BCUT2D eigenvalue weighted by Crippen LogP contribution is 2.19. The van der Waals surface area contributed by atoms with Crippen LogP contribution in [0.5, 0.6) is 0 Å². The number of fused-ring (bicyclic) bond motifs is 1. The number of ketones is 1. The van der Waals surface area contributed by atoms with E-state index in [0.29, 0.717) is 12.0 Å². The van der Waals surface area contributed by atoms with E-state index in [0.717, 1.165) is 26.8 Å². The van der Waals surface area contributed by atoms with E-state index in [-0.39, 0.29) is 11.9 Å². The molecule has 116 valence electrons. The molecule has 0 aliphatic heterocycles. The number of rotatable bonds is 3. The molecule has 0 unspecified atom stereocenters. The highest BCUT2D eigenvalue weighted by atomic mass is 79.9. The monoisotopic (exact) mass is 372 g/mol. The Morgan fingerprint density at radius 3 is 2.65 bits per heavy atom. The number of hydrogen-bond acceptors (Lipinski definition) is 4. The minimum Gasteiger partial charge on any atom is -0.344 e. The molecule has 0 amide bonds. The summed E-state index contributed by atoms with van der Waals surface area (Å²) in [5, 5.41) is 1.04. The van der Waals surface area contributed by atoms with Crippen molar-refractivity contribution in [3.63, 3.8) is 0 Å². The third kappa shape index (κ3) is 4.22. The van der Waals surface area contributed by atoms with Gasteiger partial charge in [0, 0.05) is 33.7 Å². The van der Waals surface area contributed by atoms with Crippen molar-refractivity contribution in [3.05, 3.63) is 63.9 Å². The minimum atomic E-state index is 0.0888. The van der Waals surface area contributed by atoms with Crippen LogP contribution in [0.1, 0.15) is 21.6 Å². The normalized spacial score (nSPS) is 9.83. The van der Waals surface area contributed by atoms with Crippen molar-refractivity contribution in [1.82, 2.24) is 9.97 Å². The molecule has 0 bridgehead atoms. The van der Waals surface area contributed by atoms with Crippen LogP contribution in [-0.4, -0.2) is 21.9 Å². The quantitative estimate of drug-likeness (QED) is 0.713. The zero-order valence-electron chi connectivity index (χ0n) is 12.3. The molecule has 0 fully saturated rings. The molecule has 2 heterocycles. The molecule has 1 aromatic carbocycles. The number of benzene rings is 1. The van der Waals surface area contributed by atoms with Crippen LogP contribution in [0.4, 0.5) is 0 Å². The molecule has 0 radical (unpaired) electrons. The van der Waals surface area contributed by atoms with Crippen molar-refractivity contribution in [2.24, 2.45) is 0 Å². The summed E-state index contributed by atoms with van der Waals surface area (Å²) in [6, 6.07) is 11.5. The lowest BCUT2D eigenvalue weighted by Crippen LogP contribution is -2.04. The number of halogens is 1. The Morgan fingerprint density at radius 1 is 1.26 bits per heavy atom. The van der Waals surface area contributed by atoms with Crippen molar-refractivity contribution in [2.75, 3.05) is 0 Å². The molecule has 5 nitrogen and oxygen atoms in total. The summed E-state index contributed by atoms with van der Waals surface area (Å²) in [7, 11) is 0. The first-order valence-corrected chi connectivity index (χ1v) is 7.55. The fourth-order valence-electron chi connectivity index (χ4n) is 2.26. The van der Waals surface area contributed by atoms with Crippen LogP contribution < -0.4 is 0 Å². The number of carbonyl (C=O) groups excluding carboxylic acids is 3. The standard InChI is InChI=1S/C16H13BrN2O.CO2/c1-10-6-12-7-11(9-18-16(12)19-10)8-15(20)13-4-2-3-5-14(13)17;2-1-3/h2-7,9H,8H2,1H3,(H,18,19);. The first kappa shape index (κ1) is 16.8. The van der Waals surface area contributed by atoms with E-state index >= 15 is 0 Å². The lowest BCUT2D eigenvalue weighted by molar-refractivity contribution is -0.191. The van der Waals surface area contributed by atoms with Crippen molar-refractivity contribution < 1.29 is 14.4 Å². The van der Waals surface area contributed by atoms with Crippen LogP contribution in [0.25, 0.3) is 11.0 Å². The van der Waals surface area contributed by atoms with E-state index in [2.05, 4.69) is 25.9 Å². The maximum Gasteiger partial charge on any atom is 0.373 e. The van der Waals surface area contributed by atoms with Crippen LogP contribution in [0, 0.1) is 6.92 Å². The summed E-state index contributed by atoms with van der Waals surface area (Å²) in [5.74, 6) is 0.0888. The predicted octanol–water partition coefficient (Wildman–Crippen LogP) is 3.48. The fraction of sp³-hybridized carbons (Fsp3) is 0.118. The minimum absolute atomic E-state index is 0.0888. The van der Waals surface area contributed by atoms with Gasteiger partial charge in [-0.15, -0.1) is 0 Å². The van der Waals surface area contributed by atoms with Crippen LogP contribution in [-0.2, 0) is 16.0 Å². The summed E-state index contributed by atoms with van der Waals surface area (Å²) >= 11 is 3.41. The van der Waals surface area contributed by atoms with Gasteiger partial charge < -0.3 is 4.98 Å². The van der Waals surface area contributed by atoms with E-state index < -0.39 is 0 Å². The molecule has 0 spiro atoms. The van der Waals surface area contributed by atoms with E-state index in [1.807, 2.05) is 43.3 Å². The van der Waals surface area contributed by atoms with E-state index in [9.17, 15) is 4.79 Å². The first-order chi connectivity index (χ1) is 11.0. The molecule has 3 aromatic rings. The van der Waals surface area contributed by atoms with Gasteiger partial charge in [-0.05, 0) is 30.7 Å². The lowest BCUT2D eigenvalue weighted by Gasteiger charge is -2.03. The first-order valence-electron chi connectivity index (χ1n) is 6.76. The summed E-state index contributed by atoms with van der Waals surface area (Å²) in [6.45, 7) is 1.99. The Hall–Kier alpha value is -2.56. The molecule has 0 aliphatic carbocycles. The Morgan fingerprint density at radius 2 is 1.96 bits per heavy atom. The number of nitrogens with zero attached hydrogens (tertiary/aromatic N) is 1. The fourth-order valence-corrected chi connectivity index (χ4v) is 2.77. The maximum atomic E-state index is 12.3. The van der Waals surface area contributed by atoms with Gasteiger partial charge in [0.05, 0.1) is 0 Å². The third-order valence-electron chi connectivity index (χ3n) is 3.20. The Balaban J connectivity index is 0.000000595. The zero-order chi connectivity index (χ0) is 16.8. The van der Waals surface area contributed by atoms with Gasteiger partial charge in [0.1, 0.15) is 5.65 Å². The Kier molecular flexibility index (Phi) is 5.57. The number of nitrogens with one attached hydrogen (secondary N) is 1. The molecular weight excluding hydrogens is 360 g/mol. The van der Waals surface area contributed by atoms with Gasteiger partial charge in [0.15, 0.2) is 5.78 Å². The lowest BCUT2D eigenvalue weighted by atomic mass is 10.0. The number of aromatic amines is 1. The Labute approximate surface area is 140 Å². The average Bonchev–Trinajstić information content (AvgIpc) is 2.87. The van der Waals surface area contributed by atoms with Crippen molar-refractivity contribution >= 4 is 38.9 Å². The van der Waals surface area contributed by atoms with Crippen LogP contribution in [0.3, 0.4) is 0 Å². The molecule has 2 aromatic heterocycles. The maximum absolute atomic E-state index is 12.3. The molecule has 1 N–H and O–H groups in total. The van der Waals surface area contributed by atoms with Crippen LogP contribution in [0.15, 0.2) is 47.1 Å². The van der Waals surface area contributed by atoms with Gasteiger partial charge >= 0.3 is 6.15 Å². The molecule has 23 heavy (non-hydrogen) atoms. The van der Waals surface area contributed by atoms with Crippen molar-refractivity contribution in [1.29, 1.82) is 0 Å². The number of pyridine rings is 1. The van der Waals surface area contributed by atoms with Crippen LogP contribution >= 0.6 is 15.9 Å². The molecule has 3 rings (SSSR count). The molecule has 6 heteroatoms. The second kappa shape index (κ2) is 7.63. The van der Waals surface area contributed by atoms with E-state index in [4.69, 9.17) is 9.59 Å². The molecule has 0 aliphatic rings. The highest BCUT2D eigenvalue weighted by Gasteiger charge is 2.11. The summed E-state index contributed by atoms with van der Waals surface area (Å²) in [6.07, 6.45) is 2.36. The predicted molar refractivity (Wildman–Crippen MR) is 88.0 cm³/mol. The van der Waals surface area contributed by atoms with Gasteiger partial charge in [-0.25, -0.2) is 4.98 Å². The molecule has 0 saturated heterocycles. The number of aryl methyl sites for hydroxylation is 1. The summed E-state index contributed by atoms with van der Waals surface area (Å²) in [5.41, 5.74) is 3.57. The van der Waals surface area contributed by atoms with Gasteiger partial charge in [-0.2, -0.15) is 9.59 Å². The second-order valence-electron chi connectivity index (χ2n) is 4.90. The van der Waals surface area contributed by atoms with Gasteiger partial charge in [-0.3, -0.25) is 4.79 Å². The summed E-state index contributed by atoms with van der Waals surface area (Å²) < 4.78 is 0.830. The van der Waals surface area contributed by atoms with E-state index in [1.54, 1.807) is 6.20 Å². The largest absolute Gasteiger partial charge is 0.373 e. The summed E-state index contributed by atoms with van der Waals surface area (Å²) in [4.78, 5) is 36.1. The Bertz CT molecular complexity index is 880. The van der Waals surface area contributed by atoms with Gasteiger partial charge in [0.25, 0.3) is 0 Å². The number of Topliss-reactive ketones (excluding diaryl/α,β-unsaturated/α-hetero) is 1. The highest BCUT2D eigenvalue weighted by molar-refractivity contribution is 9.10. The molecular formula is C17H13BrN2O3. The number of aromatic nitrogens is 2. The molecule has 0 atom stereocenters. The van der Waals surface area contributed by atoms with E-state index in [1.165, 1.54) is 0 Å². The average molecular weight is 373 g/mol. The van der Waals surface area contributed by atoms with Crippen molar-refractivity contribution in [3.8, 4) is 0 Å². The van der Waals surface area contributed by atoms with Crippen LogP contribution in [0.2, 0.25) is 0 Å². The van der Waals surface area contributed by atoms with Gasteiger partial charge in [0.2, 0.25) is 0 Å². The molecule has 0 saturated carbocycles. The van der Waals surface area contributed by atoms with Gasteiger partial charge in [-0.1, -0.05) is 34.1 Å². The smallest absolute Gasteiger partial charge is 0.344 e. The number of carbonyl (C=O) groups is 1. The third-order valence-corrected chi connectivity index (χ3v) is 3.89. The topological polar surface area (TPSA) is 79.9 Å². The SMILES string of the molecule is Cc1cc2cc(CC(=O)c3ccccc3Br)cnc2[nH]1.O=C=O.